The number of ether oxygens (including phenoxy) is 1. The van der Waals surface area contributed by atoms with Gasteiger partial charge in [0.05, 0.1) is 18.2 Å². The summed E-state index contributed by atoms with van der Waals surface area (Å²) in [5, 5.41) is 11.5. The average Bonchev–Trinajstić information content (AvgIpc) is 2.41. The van der Waals surface area contributed by atoms with Crippen LogP contribution in [0.4, 0.5) is 13.2 Å². The van der Waals surface area contributed by atoms with Gasteiger partial charge in [0.15, 0.2) is 0 Å². The molecule has 124 valence electrons. The number of alkyl halides is 3. The monoisotopic (exact) mass is 314 g/mol. The van der Waals surface area contributed by atoms with Crippen molar-refractivity contribution in [1.82, 2.24) is 5.32 Å². The standard InChI is InChI=1S/C12H21F3N2O4/c1-4-7(2)8(16)9(19)17-11(3,5-18)6-21-10(20)12(13,14)15/h7-8,18H,4-6,16H2,1-3H3,(H,17,19)/t7-,8-,11?/m0/s1. The van der Waals surface area contributed by atoms with Crippen molar-refractivity contribution in [3.8, 4) is 0 Å². The first kappa shape index (κ1) is 19.7. The maximum absolute atomic E-state index is 12.0. The van der Waals surface area contributed by atoms with Gasteiger partial charge in [0.2, 0.25) is 5.91 Å². The number of nitrogens with two attached hydrogens (primary N) is 1. The van der Waals surface area contributed by atoms with Crippen LogP contribution in [0.25, 0.3) is 0 Å². The molecule has 4 N–H and O–H groups in total. The van der Waals surface area contributed by atoms with Crippen LogP contribution in [0.3, 0.4) is 0 Å². The summed E-state index contributed by atoms with van der Waals surface area (Å²) in [7, 11) is 0. The van der Waals surface area contributed by atoms with Crippen molar-refractivity contribution in [3.63, 3.8) is 0 Å². The molecule has 0 saturated heterocycles. The quantitative estimate of drug-likeness (QED) is 0.588. The van der Waals surface area contributed by atoms with Crippen LogP contribution in [-0.2, 0) is 14.3 Å². The van der Waals surface area contributed by atoms with Crippen molar-refractivity contribution in [1.29, 1.82) is 0 Å². The molecule has 0 fully saturated rings. The number of aliphatic hydroxyl groups is 1. The smallest absolute Gasteiger partial charge is 0.456 e. The van der Waals surface area contributed by atoms with E-state index in [1.165, 1.54) is 6.92 Å². The Morgan fingerprint density at radius 2 is 1.90 bits per heavy atom. The molecule has 0 aromatic rings. The SMILES string of the molecule is CC[C@H](C)[C@H](N)C(=O)NC(C)(CO)COC(=O)C(F)(F)F. The van der Waals surface area contributed by atoms with Gasteiger partial charge in [-0.05, 0) is 12.8 Å². The third-order valence-electron chi connectivity index (χ3n) is 3.09. The number of rotatable bonds is 7. The molecule has 1 unspecified atom stereocenters. The molecule has 21 heavy (non-hydrogen) atoms. The van der Waals surface area contributed by atoms with Crippen molar-refractivity contribution in [2.45, 2.75) is 44.9 Å². The Kier molecular flexibility index (Phi) is 7.11. The Morgan fingerprint density at radius 1 is 1.38 bits per heavy atom. The van der Waals surface area contributed by atoms with Crippen LogP contribution in [0.1, 0.15) is 27.2 Å². The molecule has 0 aliphatic heterocycles. The Labute approximate surface area is 120 Å². The Hall–Kier alpha value is -1.35. The fourth-order valence-electron chi connectivity index (χ4n) is 1.32. The van der Waals surface area contributed by atoms with E-state index in [4.69, 9.17) is 5.73 Å². The van der Waals surface area contributed by atoms with Crippen molar-refractivity contribution in [2.75, 3.05) is 13.2 Å². The van der Waals surface area contributed by atoms with Gasteiger partial charge in [-0.2, -0.15) is 13.2 Å². The van der Waals surface area contributed by atoms with Crippen LogP contribution in [0.2, 0.25) is 0 Å². The van der Waals surface area contributed by atoms with Crippen LogP contribution < -0.4 is 11.1 Å². The summed E-state index contributed by atoms with van der Waals surface area (Å²) in [4.78, 5) is 22.5. The fourth-order valence-corrected chi connectivity index (χ4v) is 1.32. The normalized spacial score (nSPS) is 17.5. The topological polar surface area (TPSA) is 102 Å². The lowest BCUT2D eigenvalue weighted by Gasteiger charge is -2.30. The summed E-state index contributed by atoms with van der Waals surface area (Å²) in [6, 6.07) is -0.876. The second-order valence-electron chi connectivity index (χ2n) is 5.19. The van der Waals surface area contributed by atoms with Gasteiger partial charge in [-0.3, -0.25) is 4.79 Å². The highest BCUT2D eigenvalue weighted by Crippen LogP contribution is 2.18. The minimum Gasteiger partial charge on any atom is -0.456 e. The fraction of sp³-hybridized carbons (Fsp3) is 0.833. The lowest BCUT2D eigenvalue weighted by atomic mass is 9.97. The zero-order chi connectivity index (χ0) is 16.8. The summed E-state index contributed by atoms with van der Waals surface area (Å²) in [5.74, 6) is -3.17. The van der Waals surface area contributed by atoms with Crippen LogP contribution in [0.5, 0.6) is 0 Å². The third-order valence-corrected chi connectivity index (χ3v) is 3.09. The Balaban J connectivity index is 4.67. The summed E-state index contributed by atoms with van der Waals surface area (Å²) in [6.45, 7) is 3.29. The van der Waals surface area contributed by atoms with E-state index < -0.39 is 42.8 Å². The molecular formula is C12H21F3N2O4. The molecular weight excluding hydrogens is 293 g/mol. The summed E-state index contributed by atoms with van der Waals surface area (Å²) in [6.07, 6.45) is -4.50. The van der Waals surface area contributed by atoms with Crippen LogP contribution in [0, 0.1) is 5.92 Å². The number of nitrogens with one attached hydrogen (secondary N) is 1. The molecule has 0 aromatic heterocycles. The lowest BCUT2D eigenvalue weighted by Crippen LogP contribution is -2.58. The summed E-state index contributed by atoms with van der Waals surface area (Å²) in [5.41, 5.74) is 4.14. The molecule has 0 rings (SSSR count). The maximum Gasteiger partial charge on any atom is 0.490 e. The van der Waals surface area contributed by atoms with Crippen molar-refractivity contribution in [2.24, 2.45) is 11.7 Å². The first-order valence-electron chi connectivity index (χ1n) is 6.39. The highest BCUT2D eigenvalue weighted by Gasteiger charge is 2.42. The average molecular weight is 314 g/mol. The van der Waals surface area contributed by atoms with E-state index in [9.17, 15) is 27.9 Å². The first-order chi connectivity index (χ1) is 9.46. The number of hydrogen-bond donors (Lipinski definition) is 3. The number of halogens is 3. The van der Waals surface area contributed by atoms with E-state index in [0.29, 0.717) is 6.42 Å². The predicted molar refractivity (Wildman–Crippen MR) is 68.1 cm³/mol. The molecule has 0 bridgehead atoms. The van der Waals surface area contributed by atoms with E-state index in [0.717, 1.165) is 0 Å². The zero-order valence-electron chi connectivity index (χ0n) is 12.2. The van der Waals surface area contributed by atoms with E-state index in [-0.39, 0.29) is 5.92 Å². The number of carbonyl (C=O) groups is 2. The number of carbonyl (C=O) groups excluding carboxylic acids is 2. The van der Waals surface area contributed by atoms with Crippen LogP contribution in [-0.4, -0.2) is 48.0 Å². The zero-order valence-corrected chi connectivity index (χ0v) is 12.2. The molecule has 0 radical (unpaired) electrons. The van der Waals surface area contributed by atoms with E-state index in [1.54, 1.807) is 6.92 Å². The molecule has 3 atom stereocenters. The lowest BCUT2D eigenvalue weighted by molar-refractivity contribution is -0.202. The highest BCUT2D eigenvalue weighted by molar-refractivity contribution is 5.82. The van der Waals surface area contributed by atoms with E-state index >= 15 is 0 Å². The predicted octanol–water partition coefficient (Wildman–Crippen LogP) is 0.333. The second-order valence-corrected chi connectivity index (χ2v) is 5.19. The van der Waals surface area contributed by atoms with Gasteiger partial charge >= 0.3 is 12.1 Å². The number of hydrogen-bond acceptors (Lipinski definition) is 5. The van der Waals surface area contributed by atoms with Gasteiger partial charge in [0, 0.05) is 0 Å². The highest BCUT2D eigenvalue weighted by atomic mass is 19.4. The van der Waals surface area contributed by atoms with Gasteiger partial charge in [0.1, 0.15) is 6.61 Å². The van der Waals surface area contributed by atoms with Gasteiger partial charge in [0.25, 0.3) is 0 Å². The number of esters is 1. The van der Waals surface area contributed by atoms with Crippen LogP contribution >= 0.6 is 0 Å². The van der Waals surface area contributed by atoms with Crippen molar-refractivity contribution in [3.05, 3.63) is 0 Å². The molecule has 0 spiro atoms. The van der Waals surface area contributed by atoms with Gasteiger partial charge in [-0.15, -0.1) is 0 Å². The summed E-state index contributed by atoms with van der Waals surface area (Å²) >= 11 is 0. The van der Waals surface area contributed by atoms with Gasteiger partial charge in [-0.1, -0.05) is 20.3 Å². The minimum atomic E-state index is -5.13. The third kappa shape index (κ3) is 6.30. The van der Waals surface area contributed by atoms with Crippen LogP contribution in [0.15, 0.2) is 0 Å². The molecule has 0 aromatic carbocycles. The van der Waals surface area contributed by atoms with Crippen molar-refractivity contribution < 1.29 is 32.6 Å². The van der Waals surface area contributed by atoms with E-state index in [1.807, 2.05) is 6.92 Å². The van der Waals surface area contributed by atoms with Crippen molar-refractivity contribution >= 4 is 11.9 Å². The second kappa shape index (κ2) is 7.60. The van der Waals surface area contributed by atoms with Gasteiger partial charge in [-0.25, -0.2) is 4.79 Å². The first-order valence-corrected chi connectivity index (χ1v) is 6.39. The minimum absolute atomic E-state index is 0.148. The molecule has 6 nitrogen and oxygen atoms in total. The Bertz CT molecular complexity index is 376. The summed E-state index contributed by atoms with van der Waals surface area (Å²) < 4.78 is 40.1. The largest absolute Gasteiger partial charge is 0.490 e. The molecule has 9 heteroatoms. The molecule has 0 aliphatic carbocycles. The number of aliphatic hydroxyl groups excluding tert-OH is 1. The molecule has 0 heterocycles. The molecule has 0 saturated carbocycles. The number of amides is 1. The van der Waals surface area contributed by atoms with Gasteiger partial charge < -0.3 is 20.9 Å². The molecule has 0 aliphatic rings. The van der Waals surface area contributed by atoms with E-state index in [2.05, 4.69) is 10.1 Å². The molecule has 1 amide bonds. The Morgan fingerprint density at radius 3 is 2.29 bits per heavy atom. The maximum atomic E-state index is 12.0.